The summed E-state index contributed by atoms with van der Waals surface area (Å²) in [5, 5.41) is 0. The molecular formula is C6H15Cl2N. The molecule has 0 rings (SSSR count). The Bertz CT molecular complexity index is 53.0. The lowest BCUT2D eigenvalue weighted by atomic mass is 10.0. The third kappa shape index (κ3) is 5.01. The summed E-state index contributed by atoms with van der Waals surface area (Å²) >= 11 is 5.62. The fraction of sp³-hybridized carbons (Fsp3) is 1.00. The van der Waals surface area contributed by atoms with Gasteiger partial charge in [0, 0.05) is 0 Å². The highest BCUT2D eigenvalue weighted by molar-refractivity contribution is 6.20. The van der Waals surface area contributed by atoms with Gasteiger partial charge in [-0.3, -0.25) is 0 Å². The van der Waals surface area contributed by atoms with Crippen LogP contribution in [0.3, 0.4) is 0 Å². The van der Waals surface area contributed by atoms with Crippen LogP contribution in [0.2, 0.25) is 0 Å². The molecule has 0 spiro atoms. The maximum Gasteiger partial charge on any atom is 0.0828 e. The molecule has 2 N–H and O–H groups in total. The largest absolute Gasteiger partial charge is 0.315 e. The maximum atomic E-state index is 5.62. The maximum absolute atomic E-state index is 5.62. The topological polar surface area (TPSA) is 26.0 Å². The number of nitrogens with two attached hydrogens (primary N) is 1. The molecule has 1 nitrogen and oxygen atoms in total. The standard InChI is InChI=1S/C6H14ClN.ClH/c1-3-5(4-2)6(7)8;/h5-6H,3-4,8H2,1-2H3;1H. The first-order valence-corrected chi connectivity index (χ1v) is 3.55. The summed E-state index contributed by atoms with van der Waals surface area (Å²) in [6.45, 7) is 4.22. The lowest BCUT2D eigenvalue weighted by Crippen LogP contribution is -2.22. The van der Waals surface area contributed by atoms with Gasteiger partial charge >= 0.3 is 0 Å². The molecule has 1 atom stereocenters. The second-order valence-electron chi connectivity index (χ2n) is 2.02. The Morgan fingerprint density at radius 1 is 1.33 bits per heavy atom. The lowest BCUT2D eigenvalue weighted by molar-refractivity contribution is 0.473. The molecule has 0 aromatic carbocycles. The molecule has 0 aliphatic carbocycles. The fourth-order valence-electron chi connectivity index (χ4n) is 0.739. The van der Waals surface area contributed by atoms with E-state index in [1.165, 1.54) is 0 Å². The molecule has 0 amide bonds. The second-order valence-corrected chi connectivity index (χ2v) is 2.52. The average Bonchev–Trinajstić information content (AvgIpc) is 1.69. The quantitative estimate of drug-likeness (QED) is 0.513. The van der Waals surface area contributed by atoms with Crippen LogP contribution < -0.4 is 5.73 Å². The van der Waals surface area contributed by atoms with Gasteiger partial charge in [-0.15, -0.1) is 24.0 Å². The number of hydrogen-bond donors (Lipinski definition) is 1. The van der Waals surface area contributed by atoms with Crippen molar-refractivity contribution in [3.05, 3.63) is 0 Å². The average molecular weight is 172 g/mol. The predicted octanol–water partition coefficient (Wildman–Crippen LogP) is 2.37. The summed E-state index contributed by atoms with van der Waals surface area (Å²) in [5.74, 6) is 0.497. The molecule has 0 aliphatic rings. The Hall–Kier alpha value is 0.540. The van der Waals surface area contributed by atoms with Crippen LogP contribution in [0.1, 0.15) is 26.7 Å². The van der Waals surface area contributed by atoms with Gasteiger partial charge in [0.2, 0.25) is 0 Å². The monoisotopic (exact) mass is 171 g/mol. The molecule has 0 bridgehead atoms. The van der Waals surface area contributed by atoms with Crippen molar-refractivity contribution in [1.29, 1.82) is 0 Å². The second kappa shape index (κ2) is 6.66. The molecule has 3 heteroatoms. The van der Waals surface area contributed by atoms with Crippen LogP contribution in [0.25, 0.3) is 0 Å². The molecule has 0 fully saturated rings. The van der Waals surface area contributed by atoms with Crippen LogP contribution in [0.5, 0.6) is 0 Å². The molecule has 0 saturated carbocycles. The van der Waals surface area contributed by atoms with E-state index in [0.29, 0.717) is 5.92 Å². The van der Waals surface area contributed by atoms with Crippen molar-refractivity contribution in [2.45, 2.75) is 32.2 Å². The first kappa shape index (κ1) is 12.2. The van der Waals surface area contributed by atoms with E-state index in [2.05, 4.69) is 13.8 Å². The minimum Gasteiger partial charge on any atom is -0.315 e. The zero-order valence-electron chi connectivity index (χ0n) is 5.93. The first-order chi connectivity index (χ1) is 3.72. The Morgan fingerprint density at radius 2 is 1.67 bits per heavy atom. The van der Waals surface area contributed by atoms with Crippen LogP contribution in [0.15, 0.2) is 0 Å². The smallest absolute Gasteiger partial charge is 0.0828 e. The van der Waals surface area contributed by atoms with Gasteiger partial charge in [0.05, 0.1) is 5.50 Å². The number of halogens is 2. The van der Waals surface area contributed by atoms with Crippen molar-refractivity contribution < 1.29 is 0 Å². The van der Waals surface area contributed by atoms with Gasteiger partial charge in [0.15, 0.2) is 0 Å². The van der Waals surface area contributed by atoms with Crippen molar-refractivity contribution in [2.24, 2.45) is 11.7 Å². The van der Waals surface area contributed by atoms with E-state index in [4.69, 9.17) is 17.3 Å². The number of alkyl halides is 1. The molecule has 0 aliphatic heterocycles. The summed E-state index contributed by atoms with van der Waals surface area (Å²) in [6.07, 6.45) is 2.17. The van der Waals surface area contributed by atoms with Crippen molar-refractivity contribution >= 4 is 24.0 Å². The Kier molecular flexibility index (Phi) is 9.05. The number of rotatable bonds is 3. The fourth-order valence-corrected chi connectivity index (χ4v) is 1.10. The predicted molar refractivity (Wildman–Crippen MR) is 45.1 cm³/mol. The highest BCUT2D eigenvalue weighted by atomic mass is 35.5. The van der Waals surface area contributed by atoms with Gasteiger partial charge in [0.1, 0.15) is 0 Å². The van der Waals surface area contributed by atoms with Crippen molar-refractivity contribution in [3.8, 4) is 0 Å². The SMILES string of the molecule is CCC(CC)C(N)Cl.Cl. The molecular weight excluding hydrogens is 157 g/mol. The van der Waals surface area contributed by atoms with Crippen molar-refractivity contribution in [1.82, 2.24) is 0 Å². The summed E-state index contributed by atoms with van der Waals surface area (Å²) in [6, 6.07) is 0. The van der Waals surface area contributed by atoms with Crippen molar-refractivity contribution in [2.75, 3.05) is 0 Å². The summed E-state index contributed by atoms with van der Waals surface area (Å²) in [7, 11) is 0. The van der Waals surface area contributed by atoms with E-state index < -0.39 is 0 Å². The van der Waals surface area contributed by atoms with Gasteiger partial charge in [-0.2, -0.15) is 0 Å². The van der Waals surface area contributed by atoms with Crippen LogP contribution in [-0.4, -0.2) is 5.50 Å². The van der Waals surface area contributed by atoms with E-state index in [1.807, 2.05) is 0 Å². The van der Waals surface area contributed by atoms with E-state index in [-0.39, 0.29) is 17.9 Å². The highest BCUT2D eigenvalue weighted by Gasteiger charge is 2.08. The molecule has 0 aromatic heterocycles. The molecule has 1 unspecified atom stereocenters. The zero-order chi connectivity index (χ0) is 6.57. The van der Waals surface area contributed by atoms with Crippen LogP contribution in [0, 0.1) is 5.92 Å². The molecule has 0 radical (unpaired) electrons. The van der Waals surface area contributed by atoms with Crippen LogP contribution in [0.4, 0.5) is 0 Å². The molecule has 9 heavy (non-hydrogen) atoms. The van der Waals surface area contributed by atoms with Gasteiger partial charge in [-0.05, 0) is 5.92 Å². The zero-order valence-corrected chi connectivity index (χ0v) is 7.50. The van der Waals surface area contributed by atoms with E-state index in [9.17, 15) is 0 Å². The molecule has 0 saturated heterocycles. The Morgan fingerprint density at radius 3 is 1.67 bits per heavy atom. The third-order valence-electron chi connectivity index (χ3n) is 1.50. The van der Waals surface area contributed by atoms with Crippen LogP contribution >= 0.6 is 24.0 Å². The summed E-state index contributed by atoms with van der Waals surface area (Å²) in [5.41, 5.74) is 5.27. The number of hydrogen-bond acceptors (Lipinski definition) is 1. The van der Waals surface area contributed by atoms with E-state index in [0.717, 1.165) is 12.8 Å². The van der Waals surface area contributed by atoms with E-state index >= 15 is 0 Å². The lowest BCUT2D eigenvalue weighted by Gasteiger charge is -2.13. The first-order valence-electron chi connectivity index (χ1n) is 3.12. The van der Waals surface area contributed by atoms with E-state index in [1.54, 1.807) is 0 Å². The third-order valence-corrected chi connectivity index (χ3v) is 1.86. The Balaban J connectivity index is 0. The Labute approximate surface area is 68.4 Å². The normalized spacial score (nSPS) is 13.0. The molecule has 0 aromatic rings. The molecule has 0 heterocycles. The van der Waals surface area contributed by atoms with Gasteiger partial charge in [-0.25, -0.2) is 0 Å². The van der Waals surface area contributed by atoms with Crippen LogP contribution in [-0.2, 0) is 0 Å². The molecule has 58 valence electrons. The minimum absolute atomic E-state index is 0. The summed E-state index contributed by atoms with van der Waals surface area (Å²) in [4.78, 5) is 0. The highest BCUT2D eigenvalue weighted by Crippen LogP contribution is 2.13. The van der Waals surface area contributed by atoms with Gasteiger partial charge < -0.3 is 5.73 Å². The van der Waals surface area contributed by atoms with Gasteiger partial charge in [0.25, 0.3) is 0 Å². The van der Waals surface area contributed by atoms with Crippen molar-refractivity contribution in [3.63, 3.8) is 0 Å². The minimum atomic E-state index is -0.148. The summed E-state index contributed by atoms with van der Waals surface area (Å²) < 4.78 is 0. The van der Waals surface area contributed by atoms with Gasteiger partial charge in [-0.1, -0.05) is 26.7 Å².